The average molecular weight is 434 g/mol. The van der Waals surface area contributed by atoms with Crippen LogP contribution in [0.15, 0.2) is 84.9 Å². The minimum absolute atomic E-state index is 0.0795. The van der Waals surface area contributed by atoms with Crippen molar-refractivity contribution in [2.45, 2.75) is 44.9 Å². The van der Waals surface area contributed by atoms with Crippen molar-refractivity contribution in [1.82, 2.24) is 0 Å². The lowest BCUT2D eigenvalue weighted by molar-refractivity contribution is -0.138. The van der Waals surface area contributed by atoms with Gasteiger partial charge in [0.05, 0.1) is 6.61 Å². The van der Waals surface area contributed by atoms with Crippen LogP contribution in [0.5, 0.6) is 0 Å². The predicted molar refractivity (Wildman–Crippen MR) is 128 cm³/mol. The first kappa shape index (κ1) is 22.9. The van der Waals surface area contributed by atoms with Gasteiger partial charge in [-0.25, -0.2) is 0 Å². The van der Waals surface area contributed by atoms with Crippen LogP contribution in [-0.4, -0.2) is 25.4 Å². The Bertz CT molecular complexity index is 943. The summed E-state index contributed by atoms with van der Waals surface area (Å²) in [5, 5.41) is 11.4. The summed E-state index contributed by atoms with van der Waals surface area (Å²) in [4.78, 5) is 11.0. The van der Waals surface area contributed by atoms with Gasteiger partial charge in [-0.1, -0.05) is 106 Å². The highest BCUT2D eigenvalue weighted by molar-refractivity contribution is 6.99. The molecule has 31 heavy (non-hydrogen) atoms. The molecule has 0 bridgehead atoms. The molecule has 3 N–H and O–H groups in total. The van der Waals surface area contributed by atoms with Crippen LogP contribution in [0.2, 0.25) is 5.04 Å². The van der Waals surface area contributed by atoms with Gasteiger partial charge in [0, 0.05) is 0 Å². The van der Waals surface area contributed by atoms with E-state index in [-0.39, 0.29) is 5.04 Å². The van der Waals surface area contributed by atoms with Crippen LogP contribution in [0.4, 0.5) is 0 Å². The van der Waals surface area contributed by atoms with E-state index in [1.165, 1.54) is 10.4 Å². The van der Waals surface area contributed by atoms with Crippen LogP contribution in [0.1, 0.15) is 31.9 Å². The molecule has 5 heteroatoms. The second-order valence-electron chi connectivity index (χ2n) is 8.92. The van der Waals surface area contributed by atoms with E-state index in [1.807, 2.05) is 36.4 Å². The molecule has 0 aromatic heterocycles. The van der Waals surface area contributed by atoms with Crippen LogP contribution in [-0.2, 0) is 22.2 Å². The van der Waals surface area contributed by atoms with Gasteiger partial charge in [0.2, 0.25) is 0 Å². The van der Waals surface area contributed by atoms with Gasteiger partial charge in [-0.15, -0.1) is 0 Å². The number of carboxylic acid groups (broad SMARTS) is 1. The second kappa shape index (κ2) is 9.60. The zero-order valence-electron chi connectivity index (χ0n) is 18.4. The minimum Gasteiger partial charge on any atom is -0.480 e. The molecule has 0 aliphatic heterocycles. The maximum Gasteiger partial charge on any atom is 0.320 e. The quantitative estimate of drug-likeness (QED) is 0.531. The summed E-state index contributed by atoms with van der Waals surface area (Å²) in [6, 6.07) is 28.1. The molecule has 3 aromatic rings. The Balaban J connectivity index is 1.92. The number of carbonyl (C=O) groups is 1. The molecular formula is C26H31NO3Si. The Kier molecular flexibility index (Phi) is 7.10. The highest BCUT2D eigenvalue weighted by Gasteiger charge is 2.50. The van der Waals surface area contributed by atoms with Gasteiger partial charge in [-0.05, 0) is 33.0 Å². The van der Waals surface area contributed by atoms with Crippen molar-refractivity contribution in [3.63, 3.8) is 0 Å². The Morgan fingerprint density at radius 3 is 1.74 bits per heavy atom. The maximum absolute atomic E-state index is 11.0. The van der Waals surface area contributed by atoms with Crippen molar-refractivity contribution in [3.05, 3.63) is 96.1 Å². The lowest BCUT2D eigenvalue weighted by atomic mass is 10.1. The summed E-state index contributed by atoms with van der Waals surface area (Å²) >= 11 is 0. The Morgan fingerprint density at radius 2 is 1.32 bits per heavy atom. The van der Waals surface area contributed by atoms with Crippen LogP contribution < -0.4 is 16.1 Å². The minimum atomic E-state index is -2.58. The van der Waals surface area contributed by atoms with E-state index in [0.29, 0.717) is 13.0 Å². The lowest BCUT2D eigenvalue weighted by Crippen LogP contribution is -2.66. The highest BCUT2D eigenvalue weighted by atomic mass is 28.4. The van der Waals surface area contributed by atoms with Gasteiger partial charge in [0.1, 0.15) is 6.04 Å². The molecule has 0 spiro atoms. The Hall–Kier alpha value is -2.73. The third-order valence-corrected chi connectivity index (χ3v) is 10.7. The molecule has 0 heterocycles. The van der Waals surface area contributed by atoms with Gasteiger partial charge in [-0.2, -0.15) is 0 Å². The second-order valence-corrected chi connectivity index (χ2v) is 13.2. The third-order valence-electron chi connectivity index (χ3n) is 5.67. The monoisotopic (exact) mass is 433 g/mol. The summed E-state index contributed by atoms with van der Waals surface area (Å²) < 4.78 is 6.93. The molecule has 0 saturated heterocycles. The van der Waals surface area contributed by atoms with Crippen LogP contribution in [0, 0.1) is 0 Å². The fraction of sp³-hybridized carbons (Fsp3) is 0.269. The van der Waals surface area contributed by atoms with E-state index in [1.54, 1.807) is 0 Å². The van der Waals surface area contributed by atoms with Gasteiger partial charge in [-0.3, -0.25) is 4.79 Å². The van der Waals surface area contributed by atoms with Crippen LogP contribution in [0.25, 0.3) is 0 Å². The topological polar surface area (TPSA) is 72.5 Å². The third kappa shape index (κ3) is 5.13. The van der Waals surface area contributed by atoms with Crippen molar-refractivity contribution in [2.75, 3.05) is 0 Å². The Labute approximate surface area is 185 Å². The molecule has 3 rings (SSSR count). The van der Waals surface area contributed by atoms with Crippen LogP contribution >= 0.6 is 0 Å². The molecule has 4 nitrogen and oxygen atoms in total. The highest BCUT2D eigenvalue weighted by Crippen LogP contribution is 2.37. The first-order chi connectivity index (χ1) is 14.7. The molecule has 0 aliphatic rings. The van der Waals surface area contributed by atoms with Crippen molar-refractivity contribution in [2.24, 2.45) is 5.73 Å². The van der Waals surface area contributed by atoms with E-state index in [9.17, 15) is 4.79 Å². The first-order valence-electron chi connectivity index (χ1n) is 10.6. The summed E-state index contributed by atoms with van der Waals surface area (Å²) in [6.07, 6.45) is 0.311. The number of rotatable bonds is 8. The molecule has 0 saturated carbocycles. The molecule has 162 valence electrons. The molecule has 3 aromatic carbocycles. The molecule has 1 atom stereocenters. The summed E-state index contributed by atoms with van der Waals surface area (Å²) in [7, 11) is -2.58. The van der Waals surface area contributed by atoms with Crippen molar-refractivity contribution in [3.8, 4) is 0 Å². The fourth-order valence-corrected chi connectivity index (χ4v) is 8.60. The van der Waals surface area contributed by atoms with E-state index >= 15 is 0 Å². The van der Waals surface area contributed by atoms with Gasteiger partial charge < -0.3 is 15.3 Å². The smallest absolute Gasteiger partial charge is 0.320 e. The van der Waals surface area contributed by atoms with Crippen molar-refractivity contribution < 1.29 is 14.3 Å². The predicted octanol–water partition coefficient (Wildman–Crippen LogP) is 3.72. The normalized spacial score (nSPS) is 13.0. The lowest BCUT2D eigenvalue weighted by Gasteiger charge is -2.43. The number of hydrogen-bond donors (Lipinski definition) is 2. The SMILES string of the molecule is CC(C)(C)[Si](OCc1ccc(C[C@H](N)C(=O)O)cc1)(c1ccccc1)c1ccccc1. The molecule has 0 aliphatic carbocycles. The number of nitrogens with two attached hydrogens (primary N) is 1. The van der Waals surface area contributed by atoms with Crippen molar-refractivity contribution in [1.29, 1.82) is 0 Å². The molecule has 0 fully saturated rings. The van der Waals surface area contributed by atoms with E-state index < -0.39 is 20.3 Å². The summed E-state index contributed by atoms with van der Waals surface area (Å²) in [5.74, 6) is -0.987. The van der Waals surface area contributed by atoms with E-state index in [2.05, 4.69) is 69.3 Å². The number of carboxylic acids is 1. The average Bonchev–Trinajstić information content (AvgIpc) is 2.76. The molecule has 0 radical (unpaired) electrons. The zero-order chi connectivity index (χ0) is 22.5. The van der Waals surface area contributed by atoms with Gasteiger partial charge in [0.15, 0.2) is 0 Å². The molecule has 0 unspecified atom stereocenters. The van der Waals surface area contributed by atoms with E-state index in [0.717, 1.165) is 11.1 Å². The Morgan fingerprint density at radius 1 is 0.871 bits per heavy atom. The summed E-state index contributed by atoms with van der Waals surface area (Å²) in [5.41, 5.74) is 7.62. The number of hydrogen-bond acceptors (Lipinski definition) is 3. The van der Waals surface area contributed by atoms with Crippen LogP contribution in [0.3, 0.4) is 0 Å². The summed E-state index contributed by atoms with van der Waals surface area (Å²) in [6.45, 7) is 7.26. The first-order valence-corrected chi connectivity index (χ1v) is 12.5. The maximum atomic E-state index is 11.0. The van der Waals surface area contributed by atoms with Gasteiger partial charge in [0.25, 0.3) is 8.32 Å². The van der Waals surface area contributed by atoms with Gasteiger partial charge >= 0.3 is 5.97 Å². The zero-order valence-corrected chi connectivity index (χ0v) is 19.4. The molecular weight excluding hydrogens is 402 g/mol. The standard InChI is InChI=1S/C26H31NO3Si/c1-26(2,3)31(22-10-6-4-7-11-22,23-12-8-5-9-13-23)30-19-21-16-14-20(15-17-21)18-24(27)25(28)29/h4-17,24H,18-19,27H2,1-3H3,(H,28,29)/t24-/m0/s1. The number of aliphatic carboxylic acids is 1. The largest absolute Gasteiger partial charge is 0.480 e. The van der Waals surface area contributed by atoms with Crippen molar-refractivity contribution >= 4 is 24.7 Å². The molecule has 0 amide bonds. The number of benzene rings is 3. The van der Waals surface area contributed by atoms with E-state index in [4.69, 9.17) is 15.3 Å². The fourth-order valence-electron chi connectivity index (χ4n) is 4.07.